The van der Waals surface area contributed by atoms with E-state index < -0.39 is 23.4 Å². The molecule has 7 heteroatoms. The first kappa shape index (κ1) is 15.4. The molecule has 0 aliphatic heterocycles. The maximum absolute atomic E-state index is 13.4. The minimum Gasteiger partial charge on any atom is -0.457 e. The standard InChI is InChI=1S/C14H9BrF3NO2/c15-10-5-12(18)13(19)4-9(10)14(20)21-6-7-1-2-8(16)3-11(7)17/h1-5H,6,19H2. The van der Waals surface area contributed by atoms with E-state index >= 15 is 0 Å². The molecule has 0 radical (unpaired) electrons. The van der Waals surface area contributed by atoms with Gasteiger partial charge in [0.1, 0.15) is 24.1 Å². The van der Waals surface area contributed by atoms with Gasteiger partial charge in [0.25, 0.3) is 0 Å². The van der Waals surface area contributed by atoms with E-state index in [1.54, 1.807) is 0 Å². The highest BCUT2D eigenvalue weighted by molar-refractivity contribution is 9.10. The number of nitrogen functional groups attached to an aromatic ring is 1. The van der Waals surface area contributed by atoms with Crippen molar-refractivity contribution in [1.29, 1.82) is 0 Å². The quantitative estimate of drug-likeness (QED) is 0.669. The molecule has 0 aliphatic rings. The number of benzene rings is 2. The molecule has 0 aliphatic carbocycles. The molecule has 21 heavy (non-hydrogen) atoms. The molecular formula is C14H9BrF3NO2. The summed E-state index contributed by atoms with van der Waals surface area (Å²) in [5.74, 6) is -3.03. The molecule has 2 aromatic carbocycles. The Bertz CT molecular complexity index is 707. The first-order chi connectivity index (χ1) is 9.88. The van der Waals surface area contributed by atoms with Gasteiger partial charge in [0.2, 0.25) is 0 Å². The van der Waals surface area contributed by atoms with Gasteiger partial charge in [-0.2, -0.15) is 0 Å². The summed E-state index contributed by atoms with van der Waals surface area (Å²) in [7, 11) is 0. The van der Waals surface area contributed by atoms with Crippen molar-refractivity contribution in [2.75, 3.05) is 5.73 Å². The number of halogens is 4. The number of carbonyl (C=O) groups excluding carboxylic acids is 1. The zero-order valence-electron chi connectivity index (χ0n) is 10.5. The maximum Gasteiger partial charge on any atom is 0.339 e. The Labute approximate surface area is 126 Å². The normalized spacial score (nSPS) is 10.5. The largest absolute Gasteiger partial charge is 0.457 e. The monoisotopic (exact) mass is 359 g/mol. The van der Waals surface area contributed by atoms with Crippen molar-refractivity contribution in [3.05, 3.63) is 63.4 Å². The molecule has 0 unspecified atom stereocenters. The van der Waals surface area contributed by atoms with Crippen molar-refractivity contribution in [2.45, 2.75) is 6.61 Å². The first-order valence-electron chi connectivity index (χ1n) is 5.74. The lowest BCUT2D eigenvalue weighted by molar-refractivity contribution is 0.0468. The fourth-order valence-corrected chi connectivity index (χ4v) is 2.06. The Morgan fingerprint density at radius 2 is 1.86 bits per heavy atom. The molecule has 0 saturated carbocycles. The van der Waals surface area contributed by atoms with Crippen molar-refractivity contribution in [1.82, 2.24) is 0 Å². The van der Waals surface area contributed by atoms with Crippen LogP contribution in [0.3, 0.4) is 0 Å². The van der Waals surface area contributed by atoms with E-state index in [2.05, 4.69) is 15.9 Å². The third-order valence-corrected chi connectivity index (χ3v) is 3.34. The van der Waals surface area contributed by atoms with Gasteiger partial charge >= 0.3 is 5.97 Å². The molecule has 0 fully saturated rings. The summed E-state index contributed by atoms with van der Waals surface area (Å²) < 4.78 is 44.4. The first-order valence-corrected chi connectivity index (χ1v) is 6.53. The van der Waals surface area contributed by atoms with Crippen LogP contribution >= 0.6 is 15.9 Å². The molecule has 0 heterocycles. The summed E-state index contributed by atoms with van der Waals surface area (Å²) in [4.78, 5) is 11.9. The van der Waals surface area contributed by atoms with Crippen LogP contribution in [0.15, 0.2) is 34.8 Å². The predicted molar refractivity (Wildman–Crippen MR) is 74.0 cm³/mol. The fourth-order valence-electron chi connectivity index (χ4n) is 1.58. The second-order valence-corrected chi connectivity index (χ2v) is 5.02. The van der Waals surface area contributed by atoms with Gasteiger partial charge in [0.05, 0.1) is 11.3 Å². The van der Waals surface area contributed by atoms with E-state index in [1.165, 1.54) is 6.07 Å². The summed E-state index contributed by atoms with van der Waals surface area (Å²) in [5, 5.41) is 0. The molecule has 110 valence electrons. The van der Waals surface area contributed by atoms with Gasteiger partial charge in [0.15, 0.2) is 0 Å². The molecular weight excluding hydrogens is 351 g/mol. The second-order valence-electron chi connectivity index (χ2n) is 4.17. The molecule has 3 nitrogen and oxygen atoms in total. The molecule has 0 atom stereocenters. The Balaban J connectivity index is 2.13. The summed E-state index contributed by atoms with van der Waals surface area (Å²) >= 11 is 3.01. The van der Waals surface area contributed by atoms with Crippen molar-refractivity contribution < 1.29 is 22.7 Å². The highest BCUT2D eigenvalue weighted by Crippen LogP contribution is 2.24. The number of esters is 1. The van der Waals surface area contributed by atoms with Crippen LogP contribution in [-0.4, -0.2) is 5.97 Å². The van der Waals surface area contributed by atoms with Crippen molar-refractivity contribution >= 4 is 27.6 Å². The maximum atomic E-state index is 13.4. The van der Waals surface area contributed by atoms with Gasteiger partial charge in [-0.15, -0.1) is 0 Å². The average molecular weight is 360 g/mol. The number of rotatable bonds is 3. The van der Waals surface area contributed by atoms with Crippen LogP contribution in [0.2, 0.25) is 0 Å². The van der Waals surface area contributed by atoms with Crippen LogP contribution in [0.1, 0.15) is 15.9 Å². The van der Waals surface area contributed by atoms with Gasteiger partial charge in [-0.1, -0.05) is 0 Å². The molecule has 2 rings (SSSR count). The van der Waals surface area contributed by atoms with E-state index in [4.69, 9.17) is 10.5 Å². The zero-order valence-corrected chi connectivity index (χ0v) is 12.1. The predicted octanol–water partition coefficient (Wildman–Crippen LogP) is 3.81. The summed E-state index contributed by atoms with van der Waals surface area (Å²) in [6.45, 7) is -0.380. The molecule has 2 aromatic rings. The van der Waals surface area contributed by atoms with Crippen molar-refractivity contribution in [3.8, 4) is 0 Å². The number of ether oxygens (including phenoxy) is 1. The molecule has 0 amide bonds. The van der Waals surface area contributed by atoms with Gasteiger partial charge < -0.3 is 10.5 Å². The van der Waals surface area contributed by atoms with E-state index in [1.807, 2.05) is 0 Å². The third kappa shape index (κ3) is 3.55. The topological polar surface area (TPSA) is 52.3 Å². The highest BCUT2D eigenvalue weighted by atomic mass is 79.9. The van der Waals surface area contributed by atoms with E-state index in [0.717, 1.165) is 18.2 Å². The number of hydrogen-bond acceptors (Lipinski definition) is 3. The molecule has 0 aromatic heterocycles. The highest BCUT2D eigenvalue weighted by Gasteiger charge is 2.15. The summed E-state index contributed by atoms with van der Waals surface area (Å²) in [6, 6.07) is 5.06. The smallest absolute Gasteiger partial charge is 0.339 e. The van der Waals surface area contributed by atoms with Crippen molar-refractivity contribution in [2.24, 2.45) is 0 Å². The lowest BCUT2D eigenvalue weighted by Crippen LogP contribution is -2.08. The van der Waals surface area contributed by atoms with Gasteiger partial charge in [-0.3, -0.25) is 0 Å². The minimum absolute atomic E-state index is 0.0106. The van der Waals surface area contributed by atoms with Crippen LogP contribution < -0.4 is 5.73 Å². The van der Waals surface area contributed by atoms with Crippen LogP contribution in [-0.2, 0) is 11.3 Å². The Morgan fingerprint density at radius 3 is 2.52 bits per heavy atom. The van der Waals surface area contributed by atoms with Crippen LogP contribution in [0.5, 0.6) is 0 Å². The SMILES string of the molecule is Nc1cc(C(=O)OCc2ccc(F)cc2F)c(Br)cc1F. The van der Waals surface area contributed by atoms with Gasteiger partial charge in [-0.05, 0) is 40.2 Å². The molecule has 2 N–H and O–H groups in total. The van der Waals surface area contributed by atoms with Crippen molar-refractivity contribution in [3.63, 3.8) is 0 Å². The lowest BCUT2D eigenvalue weighted by atomic mass is 10.2. The average Bonchev–Trinajstić information content (AvgIpc) is 2.41. The van der Waals surface area contributed by atoms with Crippen LogP contribution in [0, 0.1) is 17.5 Å². The summed E-state index contributed by atoms with van der Waals surface area (Å²) in [5.41, 5.74) is 5.19. The number of anilines is 1. The molecule has 0 spiro atoms. The molecule has 0 bridgehead atoms. The Morgan fingerprint density at radius 1 is 1.14 bits per heavy atom. The third-order valence-electron chi connectivity index (χ3n) is 2.68. The van der Waals surface area contributed by atoms with E-state index in [-0.39, 0.29) is 27.9 Å². The minimum atomic E-state index is -0.819. The Hall–Kier alpha value is -2.02. The number of carbonyl (C=O) groups is 1. The summed E-state index contributed by atoms with van der Waals surface area (Å²) in [6.07, 6.45) is 0. The second kappa shape index (κ2) is 6.17. The van der Waals surface area contributed by atoms with E-state index in [9.17, 15) is 18.0 Å². The van der Waals surface area contributed by atoms with Gasteiger partial charge in [-0.25, -0.2) is 18.0 Å². The number of hydrogen-bond donors (Lipinski definition) is 1. The number of nitrogens with two attached hydrogens (primary N) is 1. The van der Waals surface area contributed by atoms with E-state index in [0.29, 0.717) is 6.07 Å². The lowest BCUT2D eigenvalue weighted by Gasteiger charge is -2.08. The van der Waals surface area contributed by atoms with Crippen LogP contribution in [0.25, 0.3) is 0 Å². The van der Waals surface area contributed by atoms with Gasteiger partial charge in [0, 0.05) is 16.1 Å². The Kier molecular flexibility index (Phi) is 4.52. The molecule has 0 saturated heterocycles. The zero-order chi connectivity index (χ0) is 15.6. The fraction of sp³-hybridized carbons (Fsp3) is 0.0714. The van der Waals surface area contributed by atoms with Crippen LogP contribution in [0.4, 0.5) is 18.9 Å².